The molecule has 0 fully saturated rings. The number of hydrogen-bond donors (Lipinski definition) is 4. The van der Waals surface area contributed by atoms with Crippen molar-refractivity contribution in [1.29, 1.82) is 0 Å². The standard InChI is InChI=1S/C7H18O3P.CH2O3/c1-11(5-2-8,6-3-9)7-4-10;2-1(3)4/h8-10H,2-7H2,1H3;(H2,2,3,4)/q+1;/p-1. The van der Waals surface area contributed by atoms with E-state index in [0.29, 0.717) is 0 Å². The molecule has 0 aliphatic carbocycles. The average Bonchev–Trinajstić information content (AvgIpc) is 2.03. The summed E-state index contributed by atoms with van der Waals surface area (Å²) >= 11 is 0. The molecule has 0 heterocycles. The quantitative estimate of drug-likeness (QED) is 0.420. The zero-order valence-electron chi connectivity index (χ0n) is 8.80. The number of hydrogen-bond acceptors (Lipinski definition) is 5. The van der Waals surface area contributed by atoms with E-state index in [9.17, 15) is 0 Å². The minimum atomic E-state index is -2.08. The molecule has 0 rings (SSSR count). The Morgan fingerprint density at radius 2 is 1.27 bits per heavy atom. The maximum Gasteiger partial charge on any atom is 0.249 e. The van der Waals surface area contributed by atoms with Gasteiger partial charge in [0.25, 0.3) is 0 Å². The summed E-state index contributed by atoms with van der Waals surface area (Å²) in [5.74, 6) is 0. The third-order valence-corrected chi connectivity index (χ3v) is 5.76. The van der Waals surface area contributed by atoms with Crippen LogP contribution in [0.25, 0.3) is 0 Å². The Bertz CT molecular complexity index is 142. The van der Waals surface area contributed by atoms with Gasteiger partial charge in [-0.25, -0.2) is 0 Å². The molecule has 0 aromatic carbocycles. The van der Waals surface area contributed by atoms with Crippen molar-refractivity contribution >= 4 is 13.4 Å². The molecule has 0 aromatic rings. The van der Waals surface area contributed by atoms with Gasteiger partial charge in [-0.2, -0.15) is 0 Å². The van der Waals surface area contributed by atoms with Crippen molar-refractivity contribution in [3.05, 3.63) is 0 Å². The Kier molecular flexibility index (Phi) is 11.5. The highest BCUT2D eigenvalue weighted by atomic mass is 31.2. The maximum atomic E-state index is 8.72. The lowest BCUT2D eigenvalue weighted by Gasteiger charge is -2.19. The van der Waals surface area contributed by atoms with E-state index >= 15 is 0 Å². The van der Waals surface area contributed by atoms with Crippen molar-refractivity contribution in [2.45, 2.75) is 0 Å². The van der Waals surface area contributed by atoms with Gasteiger partial charge in [-0.1, -0.05) is 0 Å². The van der Waals surface area contributed by atoms with Crippen LogP contribution in [-0.2, 0) is 0 Å². The molecule has 0 saturated carbocycles. The Labute approximate surface area is 89.5 Å². The summed E-state index contributed by atoms with van der Waals surface area (Å²) in [6.07, 6.45) is 0.191. The molecule has 0 atom stereocenters. The summed E-state index contributed by atoms with van der Waals surface area (Å²) in [7, 11) is -1.22. The predicted molar refractivity (Wildman–Crippen MR) is 56.7 cm³/mol. The van der Waals surface area contributed by atoms with Gasteiger partial charge in [0.05, 0.1) is 38.3 Å². The highest BCUT2D eigenvalue weighted by Crippen LogP contribution is 2.53. The number of aliphatic hydroxyl groups excluding tert-OH is 3. The Balaban J connectivity index is 0. The van der Waals surface area contributed by atoms with E-state index in [1.54, 1.807) is 0 Å². The fourth-order valence-electron chi connectivity index (χ4n) is 1.06. The van der Waals surface area contributed by atoms with Crippen LogP contribution in [-0.4, -0.2) is 71.6 Å². The molecule has 0 aliphatic rings. The van der Waals surface area contributed by atoms with Crippen molar-refractivity contribution in [2.75, 3.05) is 45.0 Å². The minimum Gasteiger partial charge on any atom is -0.565 e. The van der Waals surface area contributed by atoms with Gasteiger partial charge in [0.1, 0.15) is 0 Å². The van der Waals surface area contributed by atoms with Gasteiger partial charge in [-0.3, -0.25) is 0 Å². The second-order valence-electron chi connectivity index (χ2n) is 3.23. The van der Waals surface area contributed by atoms with Crippen LogP contribution in [0, 0.1) is 0 Å². The molecule has 0 unspecified atom stereocenters. The van der Waals surface area contributed by atoms with E-state index < -0.39 is 13.4 Å². The van der Waals surface area contributed by atoms with Gasteiger partial charge in [0, 0.05) is 13.9 Å². The van der Waals surface area contributed by atoms with Crippen molar-refractivity contribution in [3.8, 4) is 0 Å². The maximum absolute atomic E-state index is 8.72. The van der Waals surface area contributed by atoms with E-state index in [1.807, 2.05) is 0 Å². The summed E-state index contributed by atoms with van der Waals surface area (Å²) in [5, 5.41) is 41.5. The van der Waals surface area contributed by atoms with Crippen molar-refractivity contribution in [1.82, 2.24) is 0 Å². The SMILES string of the molecule is C[P+](CCO)(CCO)CCO.O=C([O-])O. The Hall–Kier alpha value is -0.420. The number of rotatable bonds is 6. The molecular weight excluding hydrogens is 223 g/mol. The molecule has 0 spiro atoms. The highest BCUT2D eigenvalue weighted by Gasteiger charge is 2.29. The molecule has 0 saturated heterocycles. The third-order valence-electron chi connectivity index (χ3n) is 1.92. The van der Waals surface area contributed by atoms with Gasteiger partial charge < -0.3 is 30.3 Å². The molecule has 6 nitrogen and oxygen atoms in total. The van der Waals surface area contributed by atoms with Crippen LogP contribution in [0.4, 0.5) is 4.79 Å². The fraction of sp³-hybridized carbons (Fsp3) is 0.875. The molecule has 15 heavy (non-hydrogen) atoms. The van der Waals surface area contributed by atoms with Crippen LogP contribution < -0.4 is 5.11 Å². The molecular formula is C8H19O6P. The monoisotopic (exact) mass is 242 g/mol. The molecule has 0 radical (unpaired) electrons. The Morgan fingerprint density at radius 3 is 1.40 bits per heavy atom. The van der Waals surface area contributed by atoms with Crippen LogP contribution in [0.2, 0.25) is 0 Å². The highest BCUT2D eigenvalue weighted by molar-refractivity contribution is 7.75. The second-order valence-corrected chi connectivity index (χ2v) is 7.81. The Morgan fingerprint density at radius 1 is 1.07 bits per heavy atom. The van der Waals surface area contributed by atoms with E-state index in [2.05, 4.69) is 6.66 Å². The van der Waals surface area contributed by atoms with Crippen LogP contribution in [0.1, 0.15) is 0 Å². The van der Waals surface area contributed by atoms with E-state index in [0.717, 1.165) is 18.5 Å². The number of carbonyl (C=O) groups is 1. The summed E-state index contributed by atoms with van der Waals surface area (Å²) in [6, 6.07) is 0. The topological polar surface area (TPSA) is 121 Å². The molecule has 92 valence electrons. The molecule has 0 amide bonds. The van der Waals surface area contributed by atoms with Crippen LogP contribution in [0.5, 0.6) is 0 Å². The molecule has 4 N–H and O–H groups in total. The lowest BCUT2D eigenvalue weighted by molar-refractivity contribution is -0.275. The van der Waals surface area contributed by atoms with Gasteiger partial charge in [-0.05, 0) is 0 Å². The van der Waals surface area contributed by atoms with Crippen LogP contribution in [0.15, 0.2) is 0 Å². The molecule has 0 aromatic heterocycles. The van der Waals surface area contributed by atoms with E-state index in [4.69, 9.17) is 30.3 Å². The molecule has 7 heteroatoms. The first-order chi connectivity index (χ1) is 6.91. The zero-order valence-corrected chi connectivity index (χ0v) is 9.69. The van der Waals surface area contributed by atoms with Crippen LogP contribution in [0.3, 0.4) is 0 Å². The second kappa shape index (κ2) is 10.1. The van der Waals surface area contributed by atoms with Crippen LogP contribution >= 0.6 is 7.26 Å². The normalized spacial score (nSPS) is 10.4. The average molecular weight is 242 g/mol. The summed E-state index contributed by atoms with van der Waals surface area (Å²) in [4.78, 5) is 8.44. The lowest BCUT2D eigenvalue weighted by atomic mass is 10.8. The number of carboxylic acid groups (broad SMARTS) is 2. The summed E-state index contributed by atoms with van der Waals surface area (Å²) < 4.78 is 0. The van der Waals surface area contributed by atoms with E-state index in [-0.39, 0.29) is 19.8 Å². The molecule has 0 bridgehead atoms. The first kappa shape index (κ1) is 17.0. The lowest BCUT2D eigenvalue weighted by Crippen LogP contribution is -2.17. The zero-order chi connectivity index (χ0) is 12.3. The van der Waals surface area contributed by atoms with E-state index in [1.165, 1.54) is 0 Å². The largest absolute Gasteiger partial charge is 0.565 e. The van der Waals surface area contributed by atoms with Crippen molar-refractivity contribution in [2.24, 2.45) is 0 Å². The predicted octanol–water partition coefficient (Wildman–Crippen LogP) is -1.50. The first-order valence-corrected chi connectivity index (χ1v) is 7.27. The number of aliphatic hydroxyl groups is 3. The van der Waals surface area contributed by atoms with Gasteiger partial charge in [0.15, 0.2) is 0 Å². The molecule has 0 aliphatic heterocycles. The van der Waals surface area contributed by atoms with Gasteiger partial charge in [-0.15, -0.1) is 0 Å². The van der Waals surface area contributed by atoms with Gasteiger partial charge in [0.2, 0.25) is 6.16 Å². The van der Waals surface area contributed by atoms with Crippen molar-refractivity contribution < 1.29 is 30.3 Å². The summed E-state index contributed by atoms with van der Waals surface area (Å²) in [6.45, 7) is 2.59. The van der Waals surface area contributed by atoms with Gasteiger partial charge >= 0.3 is 0 Å². The first-order valence-electron chi connectivity index (χ1n) is 4.48. The smallest absolute Gasteiger partial charge is 0.249 e. The third kappa shape index (κ3) is 13.6. The summed E-state index contributed by atoms with van der Waals surface area (Å²) in [5.41, 5.74) is 0. The fourth-order valence-corrected chi connectivity index (χ4v) is 3.18. The minimum absolute atomic E-state index is 0.171. The van der Waals surface area contributed by atoms with Crippen molar-refractivity contribution in [3.63, 3.8) is 0 Å².